The van der Waals surface area contributed by atoms with Crippen LogP contribution >= 0.6 is 0 Å². The first-order chi connectivity index (χ1) is 33.0. The predicted molar refractivity (Wildman–Crippen MR) is 292 cm³/mol. The van der Waals surface area contributed by atoms with Gasteiger partial charge in [-0.15, -0.1) is 0 Å². The summed E-state index contributed by atoms with van der Waals surface area (Å²) >= 11 is 0. The molecule has 2 atom stereocenters. The van der Waals surface area contributed by atoms with E-state index in [1.165, 1.54) is 199 Å². The number of esters is 1. The molecule has 3 N–H and O–H groups in total. The minimum atomic E-state index is -0.684. The van der Waals surface area contributed by atoms with Crippen molar-refractivity contribution in [1.29, 1.82) is 0 Å². The number of aliphatic hydroxyl groups excluding tert-OH is 2. The van der Waals surface area contributed by atoms with Gasteiger partial charge < -0.3 is 20.3 Å². The number of aliphatic hydroxyl groups is 2. The molecule has 0 aromatic rings. The summed E-state index contributed by atoms with van der Waals surface area (Å²) in [7, 11) is 0. The van der Waals surface area contributed by atoms with Crippen molar-refractivity contribution in [2.24, 2.45) is 0 Å². The smallest absolute Gasteiger partial charge is 0.305 e. The summed E-state index contributed by atoms with van der Waals surface area (Å²) in [5.41, 5.74) is 0. The van der Waals surface area contributed by atoms with E-state index in [0.29, 0.717) is 25.9 Å². The molecule has 0 saturated carbocycles. The monoisotopic (exact) mass is 942 g/mol. The molecule has 6 heteroatoms. The highest BCUT2D eigenvalue weighted by atomic mass is 16.5. The molecular formula is C61H115NO5. The van der Waals surface area contributed by atoms with E-state index in [4.69, 9.17) is 4.74 Å². The van der Waals surface area contributed by atoms with E-state index in [9.17, 15) is 19.8 Å². The number of carbonyl (C=O) groups excluding carboxylic acids is 2. The van der Waals surface area contributed by atoms with Gasteiger partial charge in [0.2, 0.25) is 5.91 Å². The van der Waals surface area contributed by atoms with E-state index in [1.54, 1.807) is 0 Å². The van der Waals surface area contributed by atoms with Crippen molar-refractivity contribution < 1.29 is 24.5 Å². The number of hydrogen-bond acceptors (Lipinski definition) is 5. The number of nitrogens with one attached hydrogen (secondary N) is 1. The fraction of sp³-hybridized carbons (Fsp3) is 0.869. The van der Waals surface area contributed by atoms with Gasteiger partial charge in [0.15, 0.2) is 0 Å². The lowest BCUT2D eigenvalue weighted by molar-refractivity contribution is -0.143. The Balaban J connectivity index is 3.50. The summed E-state index contributed by atoms with van der Waals surface area (Å²) in [5.74, 6) is -0.0895. The van der Waals surface area contributed by atoms with E-state index in [0.717, 1.165) is 83.5 Å². The zero-order chi connectivity index (χ0) is 48.6. The van der Waals surface area contributed by atoms with Crippen molar-refractivity contribution in [2.75, 3.05) is 13.2 Å². The Morgan fingerprint density at radius 2 is 0.746 bits per heavy atom. The van der Waals surface area contributed by atoms with Crippen LogP contribution in [0.5, 0.6) is 0 Å². The van der Waals surface area contributed by atoms with Crippen LogP contribution in [0.2, 0.25) is 0 Å². The molecule has 6 nitrogen and oxygen atoms in total. The quantitative estimate of drug-likeness (QED) is 0.0321. The molecule has 0 spiro atoms. The molecule has 0 aliphatic heterocycles. The second kappa shape index (κ2) is 56.7. The van der Waals surface area contributed by atoms with Crippen LogP contribution in [0.4, 0.5) is 0 Å². The first kappa shape index (κ1) is 65.1. The number of carbonyl (C=O) groups is 2. The lowest BCUT2D eigenvalue weighted by Gasteiger charge is -2.22. The molecule has 0 aromatic carbocycles. The highest BCUT2D eigenvalue weighted by Crippen LogP contribution is 2.17. The van der Waals surface area contributed by atoms with Gasteiger partial charge in [-0.05, 0) is 83.5 Å². The Morgan fingerprint density at radius 3 is 1.19 bits per heavy atom. The molecule has 394 valence electrons. The largest absolute Gasteiger partial charge is 0.466 e. The van der Waals surface area contributed by atoms with Gasteiger partial charge in [0, 0.05) is 12.8 Å². The van der Waals surface area contributed by atoms with Crippen molar-refractivity contribution in [3.05, 3.63) is 36.5 Å². The van der Waals surface area contributed by atoms with Crippen LogP contribution < -0.4 is 5.32 Å². The van der Waals surface area contributed by atoms with Crippen molar-refractivity contribution in [3.63, 3.8) is 0 Å². The van der Waals surface area contributed by atoms with Crippen LogP contribution in [0.3, 0.4) is 0 Å². The van der Waals surface area contributed by atoms with Crippen LogP contribution in [-0.4, -0.2) is 47.4 Å². The number of unbranched alkanes of at least 4 members (excludes halogenated alkanes) is 38. The van der Waals surface area contributed by atoms with Crippen LogP contribution in [0.15, 0.2) is 36.5 Å². The molecule has 0 rings (SSSR count). The highest BCUT2D eigenvalue weighted by Gasteiger charge is 2.20. The predicted octanol–water partition coefficient (Wildman–Crippen LogP) is 18.4. The highest BCUT2D eigenvalue weighted by molar-refractivity contribution is 5.76. The van der Waals surface area contributed by atoms with Crippen molar-refractivity contribution in [2.45, 2.75) is 328 Å². The standard InChI is InChI=1S/C61H115NO5/c1-3-5-7-9-11-13-15-17-19-20-21-22-23-24-25-27-29-33-37-41-45-49-53-59(64)58(57-63)62-60(65)54-50-46-42-38-34-30-28-32-36-40-44-48-52-56-67-61(66)55-51-47-43-39-35-31-26-18-16-14-12-10-8-6-4-2/h12,14,18,26,30,34,58-59,63-64H,3-11,13,15-17,19-25,27-29,31-33,35-57H2,1-2H3,(H,62,65)/b14-12-,26-18-,34-30-. The number of rotatable bonds is 55. The molecule has 0 radical (unpaired) electrons. The number of allylic oxidation sites excluding steroid dienone is 6. The van der Waals surface area contributed by atoms with E-state index in [1.807, 2.05) is 0 Å². The van der Waals surface area contributed by atoms with Crippen LogP contribution in [0.1, 0.15) is 316 Å². The van der Waals surface area contributed by atoms with Gasteiger partial charge in [0.05, 0.1) is 25.4 Å². The Hall–Kier alpha value is -1.92. The summed E-state index contributed by atoms with van der Waals surface area (Å²) in [5, 5.41) is 23.3. The lowest BCUT2D eigenvalue weighted by atomic mass is 10.0. The average Bonchev–Trinajstić information content (AvgIpc) is 3.33. The molecule has 0 aliphatic rings. The minimum absolute atomic E-state index is 0.0261. The SMILES string of the molecule is CCCCC/C=C\C/C=C\CCCCCCCC(=O)OCCCCCCCC/C=C\CCCCCC(=O)NC(CO)C(O)CCCCCCCCCCCCCCCCCCCCCCCC. The van der Waals surface area contributed by atoms with Gasteiger partial charge in [-0.1, -0.05) is 256 Å². The molecule has 0 bridgehead atoms. The number of amides is 1. The lowest BCUT2D eigenvalue weighted by Crippen LogP contribution is -2.45. The molecule has 1 amide bonds. The van der Waals surface area contributed by atoms with Gasteiger partial charge in [0.1, 0.15) is 0 Å². The van der Waals surface area contributed by atoms with Gasteiger partial charge in [-0.25, -0.2) is 0 Å². The Bertz CT molecular complexity index is 1090. The molecule has 0 fully saturated rings. The van der Waals surface area contributed by atoms with E-state index in [2.05, 4.69) is 55.6 Å². The van der Waals surface area contributed by atoms with Gasteiger partial charge in [0.25, 0.3) is 0 Å². The number of ether oxygens (including phenoxy) is 1. The van der Waals surface area contributed by atoms with Crippen molar-refractivity contribution in [3.8, 4) is 0 Å². The first-order valence-electron chi connectivity index (χ1n) is 29.7. The third kappa shape index (κ3) is 53.3. The Kier molecular flexibility index (Phi) is 55.0. The normalized spacial score (nSPS) is 12.8. The summed E-state index contributed by atoms with van der Waals surface area (Å²) in [4.78, 5) is 24.5. The zero-order valence-electron chi connectivity index (χ0n) is 44.9. The zero-order valence-corrected chi connectivity index (χ0v) is 44.9. The fourth-order valence-corrected chi connectivity index (χ4v) is 9.08. The van der Waals surface area contributed by atoms with Crippen molar-refractivity contribution >= 4 is 11.9 Å². The van der Waals surface area contributed by atoms with E-state index < -0.39 is 12.1 Å². The van der Waals surface area contributed by atoms with Crippen LogP contribution in [0, 0.1) is 0 Å². The molecule has 2 unspecified atom stereocenters. The van der Waals surface area contributed by atoms with E-state index in [-0.39, 0.29) is 18.5 Å². The minimum Gasteiger partial charge on any atom is -0.466 e. The molecule has 0 saturated heterocycles. The van der Waals surface area contributed by atoms with Crippen LogP contribution in [0.25, 0.3) is 0 Å². The molecule has 67 heavy (non-hydrogen) atoms. The maximum Gasteiger partial charge on any atom is 0.305 e. The van der Waals surface area contributed by atoms with Gasteiger partial charge in [-0.2, -0.15) is 0 Å². The van der Waals surface area contributed by atoms with Gasteiger partial charge in [-0.3, -0.25) is 9.59 Å². The second-order valence-electron chi connectivity index (χ2n) is 20.3. The average molecular weight is 943 g/mol. The maximum atomic E-state index is 12.5. The fourth-order valence-electron chi connectivity index (χ4n) is 9.08. The van der Waals surface area contributed by atoms with Gasteiger partial charge >= 0.3 is 5.97 Å². The Labute approximate surface area is 417 Å². The molecule has 0 heterocycles. The summed E-state index contributed by atoms with van der Waals surface area (Å²) < 4.78 is 5.46. The Morgan fingerprint density at radius 1 is 0.418 bits per heavy atom. The molecular weight excluding hydrogens is 827 g/mol. The summed E-state index contributed by atoms with van der Waals surface area (Å²) in [6, 6.07) is -0.564. The van der Waals surface area contributed by atoms with Crippen molar-refractivity contribution in [1.82, 2.24) is 5.32 Å². The third-order valence-electron chi connectivity index (χ3n) is 13.7. The second-order valence-corrected chi connectivity index (χ2v) is 20.3. The topological polar surface area (TPSA) is 95.9 Å². The number of hydrogen-bond donors (Lipinski definition) is 3. The summed E-state index contributed by atoms with van der Waals surface area (Å²) in [6.45, 7) is 4.89. The molecule has 0 aromatic heterocycles. The molecule has 0 aliphatic carbocycles. The third-order valence-corrected chi connectivity index (χ3v) is 13.7. The van der Waals surface area contributed by atoms with E-state index >= 15 is 0 Å². The van der Waals surface area contributed by atoms with Crippen LogP contribution in [-0.2, 0) is 14.3 Å². The summed E-state index contributed by atoms with van der Waals surface area (Å²) in [6.07, 6.45) is 69.9. The maximum absolute atomic E-state index is 12.5. The first-order valence-corrected chi connectivity index (χ1v) is 29.7.